The third-order valence-electron chi connectivity index (χ3n) is 6.19. The highest BCUT2D eigenvalue weighted by molar-refractivity contribution is 7.80. The first-order valence-electron chi connectivity index (χ1n) is 10.6. The van der Waals surface area contributed by atoms with Gasteiger partial charge in [-0.1, -0.05) is 72.3 Å². The quantitative estimate of drug-likeness (QED) is 0.464. The van der Waals surface area contributed by atoms with E-state index in [4.69, 9.17) is 0 Å². The molecule has 0 amide bonds. The van der Waals surface area contributed by atoms with Gasteiger partial charge in [-0.2, -0.15) is 0 Å². The highest BCUT2D eigenvalue weighted by Crippen LogP contribution is 2.42. The van der Waals surface area contributed by atoms with Crippen molar-refractivity contribution in [2.24, 2.45) is 0 Å². The van der Waals surface area contributed by atoms with Crippen LogP contribution >= 0.6 is 7.92 Å². The molecule has 0 saturated carbocycles. The predicted molar refractivity (Wildman–Crippen MR) is 135 cm³/mol. The summed E-state index contributed by atoms with van der Waals surface area (Å²) in [7, 11) is 3.60. The molecule has 4 rings (SSSR count). The number of rotatable bonds is 5. The summed E-state index contributed by atoms with van der Waals surface area (Å²) in [5.41, 5.74) is 8.55. The average molecular weight is 412 g/mol. The van der Waals surface area contributed by atoms with Gasteiger partial charge in [0.25, 0.3) is 0 Å². The highest BCUT2D eigenvalue weighted by Gasteiger charge is 2.25. The molecule has 0 fully saturated rings. The van der Waals surface area contributed by atoms with Gasteiger partial charge in [-0.05, 0) is 85.4 Å². The highest BCUT2D eigenvalue weighted by atomic mass is 31.1. The number of benzene rings is 3. The lowest BCUT2D eigenvalue weighted by molar-refractivity contribution is 1.13. The van der Waals surface area contributed by atoms with Gasteiger partial charge in [0.1, 0.15) is 0 Å². The van der Waals surface area contributed by atoms with E-state index in [1.807, 2.05) is 0 Å². The summed E-state index contributed by atoms with van der Waals surface area (Å²) < 4.78 is 0. The molecule has 0 atom stereocenters. The van der Waals surface area contributed by atoms with Crippen LogP contribution < -0.4 is 20.8 Å². The van der Waals surface area contributed by atoms with E-state index < -0.39 is 7.92 Å². The van der Waals surface area contributed by atoms with E-state index in [1.54, 1.807) is 0 Å². The van der Waals surface area contributed by atoms with Crippen LogP contribution in [0.25, 0.3) is 5.57 Å². The molecular weight excluding hydrogens is 381 g/mol. The van der Waals surface area contributed by atoms with E-state index in [-0.39, 0.29) is 0 Å². The number of hydrogen-bond donors (Lipinski definition) is 0. The molecule has 0 saturated heterocycles. The number of allylic oxidation sites excluding steroid dienone is 4. The summed E-state index contributed by atoms with van der Waals surface area (Å²) in [6, 6.07) is 29.1. The average Bonchev–Trinajstić information content (AvgIpc) is 3.02. The molecule has 0 aromatic heterocycles. The van der Waals surface area contributed by atoms with Crippen molar-refractivity contribution in [3.63, 3.8) is 0 Å². The number of anilines is 1. The third kappa shape index (κ3) is 3.87. The Morgan fingerprint density at radius 1 is 0.700 bits per heavy atom. The SMILES string of the molecule is CC1=C(C)C(C)=C(c2ccc(N(C)C)cc2P(c2ccccc2)c2ccccc2)C1. The van der Waals surface area contributed by atoms with E-state index >= 15 is 0 Å². The minimum Gasteiger partial charge on any atom is -0.378 e. The van der Waals surface area contributed by atoms with Gasteiger partial charge < -0.3 is 4.90 Å². The fourth-order valence-corrected chi connectivity index (χ4v) is 6.70. The van der Waals surface area contributed by atoms with Crippen LogP contribution in [0.5, 0.6) is 0 Å². The Morgan fingerprint density at radius 2 is 1.27 bits per heavy atom. The maximum Gasteiger partial charge on any atom is 0.0368 e. The molecule has 2 heteroatoms. The first kappa shape index (κ1) is 20.6. The fourth-order valence-electron chi connectivity index (χ4n) is 4.19. The van der Waals surface area contributed by atoms with Crippen molar-refractivity contribution in [2.75, 3.05) is 19.0 Å². The Morgan fingerprint density at radius 3 is 1.73 bits per heavy atom. The van der Waals surface area contributed by atoms with Crippen molar-refractivity contribution in [2.45, 2.75) is 27.2 Å². The Hall–Kier alpha value is -2.63. The Bertz CT molecular complexity index is 1070. The second-order valence-corrected chi connectivity index (χ2v) is 10.5. The maximum atomic E-state index is 2.42. The Labute approximate surface area is 182 Å². The van der Waals surface area contributed by atoms with Gasteiger partial charge in [0.15, 0.2) is 0 Å². The van der Waals surface area contributed by atoms with Crippen molar-refractivity contribution >= 4 is 35.1 Å². The van der Waals surface area contributed by atoms with Crippen LogP contribution in [-0.4, -0.2) is 14.1 Å². The van der Waals surface area contributed by atoms with E-state index in [9.17, 15) is 0 Å². The van der Waals surface area contributed by atoms with Crippen LogP contribution in [0.3, 0.4) is 0 Å². The van der Waals surface area contributed by atoms with Crippen LogP contribution in [0, 0.1) is 0 Å². The number of hydrogen-bond acceptors (Lipinski definition) is 1. The summed E-state index contributed by atoms with van der Waals surface area (Å²) >= 11 is 0. The van der Waals surface area contributed by atoms with Crippen LogP contribution in [0.15, 0.2) is 95.6 Å². The molecule has 0 aliphatic heterocycles. The molecular formula is C28H30NP. The first-order chi connectivity index (χ1) is 14.5. The largest absolute Gasteiger partial charge is 0.378 e. The minimum atomic E-state index is -0.651. The van der Waals surface area contributed by atoms with Gasteiger partial charge in [-0.25, -0.2) is 0 Å². The molecule has 3 aromatic rings. The lowest BCUT2D eigenvalue weighted by Crippen LogP contribution is -2.24. The number of nitrogens with zero attached hydrogens (tertiary/aromatic N) is 1. The monoisotopic (exact) mass is 411 g/mol. The zero-order valence-corrected chi connectivity index (χ0v) is 19.5. The lowest BCUT2D eigenvalue weighted by atomic mass is 10.00. The molecule has 0 unspecified atom stereocenters. The summed E-state index contributed by atoms with van der Waals surface area (Å²) in [5.74, 6) is 0. The molecule has 0 spiro atoms. The van der Waals surface area contributed by atoms with E-state index in [0.29, 0.717) is 0 Å². The second-order valence-electron chi connectivity index (χ2n) is 8.29. The lowest BCUT2D eigenvalue weighted by Gasteiger charge is -2.25. The molecule has 1 aliphatic rings. The predicted octanol–water partition coefficient (Wildman–Crippen LogP) is 6.02. The van der Waals surface area contributed by atoms with Crippen LogP contribution in [0.1, 0.15) is 32.8 Å². The molecule has 152 valence electrons. The van der Waals surface area contributed by atoms with Crippen LogP contribution in [-0.2, 0) is 0 Å². The zero-order valence-electron chi connectivity index (χ0n) is 18.6. The van der Waals surface area contributed by atoms with Gasteiger partial charge in [-0.3, -0.25) is 0 Å². The molecule has 0 heterocycles. The summed E-state index contributed by atoms with van der Waals surface area (Å²) in [6.45, 7) is 6.83. The van der Waals surface area contributed by atoms with Gasteiger partial charge in [-0.15, -0.1) is 0 Å². The molecule has 3 aromatic carbocycles. The van der Waals surface area contributed by atoms with Crippen molar-refractivity contribution < 1.29 is 0 Å². The summed E-state index contributed by atoms with van der Waals surface area (Å²) in [4.78, 5) is 2.21. The topological polar surface area (TPSA) is 3.24 Å². The zero-order chi connectivity index (χ0) is 21.3. The Balaban J connectivity index is 1.98. The molecule has 0 N–H and O–H groups in total. The Kier molecular flexibility index (Phi) is 5.93. The fraction of sp³-hybridized carbons (Fsp3) is 0.214. The molecule has 30 heavy (non-hydrogen) atoms. The first-order valence-corrected chi connectivity index (χ1v) is 11.9. The van der Waals surface area contributed by atoms with Crippen molar-refractivity contribution in [1.82, 2.24) is 0 Å². The standard InChI is InChI=1S/C28H30NP/c1-20-18-27(22(3)21(20)2)26-17-16-23(29(4)5)19-28(26)30(24-12-8-6-9-13-24)25-14-10-7-11-15-25/h6-17,19H,18H2,1-5H3. The molecule has 0 bridgehead atoms. The van der Waals surface area contributed by atoms with Crippen LogP contribution in [0.2, 0.25) is 0 Å². The van der Waals surface area contributed by atoms with Crippen molar-refractivity contribution in [3.8, 4) is 0 Å². The molecule has 1 nitrogen and oxygen atoms in total. The third-order valence-corrected chi connectivity index (χ3v) is 8.67. The smallest absolute Gasteiger partial charge is 0.0368 e. The summed E-state index contributed by atoms with van der Waals surface area (Å²) in [5, 5.41) is 4.24. The van der Waals surface area contributed by atoms with E-state index in [0.717, 1.165) is 6.42 Å². The van der Waals surface area contributed by atoms with Crippen molar-refractivity contribution in [1.29, 1.82) is 0 Å². The van der Waals surface area contributed by atoms with Gasteiger partial charge >= 0.3 is 0 Å². The summed E-state index contributed by atoms with van der Waals surface area (Å²) in [6.07, 6.45) is 1.05. The van der Waals surface area contributed by atoms with Gasteiger partial charge in [0.2, 0.25) is 0 Å². The molecule has 0 radical (unpaired) electrons. The van der Waals surface area contributed by atoms with Gasteiger partial charge in [0, 0.05) is 19.8 Å². The maximum absolute atomic E-state index is 2.42. The van der Waals surface area contributed by atoms with Crippen LogP contribution in [0.4, 0.5) is 5.69 Å². The normalized spacial score (nSPS) is 14.1. The van der Waals surface area contributed by atoms with E-state index in [2.05, 4.69) is 119 Å². The second kappa shape index (κ2) is 8.62. The van der Waals surface area contributed by atoms with Crippen molar-refractivity contribution in [3.05, 3.63) is 101 Å². The molecule has 1 aliphatic carbocycles. The van der Waals surface area contributed by atoms with Gasteiger partial charge in [0.05, 0.1) is 0 Å². The minimum absolute atomic E-state index is 0.651. The van der Waals surface area contributed by atoms with E-state index in [1.165, 1.54) is 49.5 Å².